The number of hydrogen-bond donors (Lipinski definition) is 1. The van der Waals surface area contributed by atoms with Crippen LogP contribution >= 0.6 is 0 Å². The third kappa shape index (κ3) is 1.64. The standard InChI is InChI=1S/C16H9N3O2/c20-15-13-11(9-4-2-1-3-5-9)8-12-10(6-7-17-19-12)14(13)18-16(15)21/h1-8H,(H,18,20,21). The average molecular weight is 275 g/mol. The number of amides is 1. The molecule has 3 aromatic rings. The molecule has 2 aromatic carbocycles. The van der Waals surface area contributed by atoms with E-state index in [0.717, 1.165) is 10.9 Å². The van der Waals surface area contributed by atoms with E-state index in [0.29, 0.717) is 22.3 Å². The summed E-state index contributed by atoms with van der Waals surface area (Å²) in [6.07, 6.45) is 1.54. The predicted molar refractivity (Wildman–Crippen MR) is 77.9 cm³/mol. The number of benzene rings is 2. The summed E-state index contributed by atoms with van der Waals surface area (Å²) >= 11 is 0. The molecule has 2 heterocycles. The minimum atomic E-state index is -0.605. The maximum Gasteiger partial charge on any atom is 0.296 e. The van der Waals surface area contributed by atoms with Crippen LogP contribution in [0, 0.1) is 0 Å². The van der Waals surface area contributed by atoms with Crippen molar-refractivity contribution < 1.29 is 9.59 Å². The zero-order valence-electron chi connectivity index (χ0n) is 10.8. The third-order valence-corrected chi connectivity index (χ3v) is 3.58. The Balaban J connectivity index is 2.13. The van der Waals surface area contributed by atoms with Gasteiger partial charge in [0.15, 0.2) is 0 Å². The van der Waals surface area contributed by atoms with E-state index < -0.39 is 11.7 Å². The van der Waals surface area contributed by atoms with Crippen LogP contribution in [-0.2, 0) is 4.79 Å². The lowest BCUT2D eigenvalue weighted by Crippen LogP contribution is -2.12. The molecule has 1 aromatic heterocycles. The molecule has 5 heteroatoms. The number of Topliss-reactive ketones (excluding diaryl/α,β-unsaturated/α-hetero) is 1. The molecular weight excluding hydrogens is 266 g/mol. The Labute approximate surface area is 119 Å². The van der Waals surface area contributed by atoms with E-state index in [-0.39, 0.29) is 0 Å². The van der Waals surface area contributed by atoms with Gasteiger partial charge in [-0.3, -0.25) is 9.59 Å². The quantitative estimate of drug-likeness (QED) is 0.692. The lowest BCUT2D eigenvalue weighted by Gasteiger charge is -2.09. The summed E-state index contributed by atoms with van der Waals surface area (Å²) in [5, 5.41) is 11.3. The van der Waals surface area contributed by atoms with Crippen LogP contribution in [0.4, 0.5) is 5.69 Å². The van der Waals surface area contributed by atoms with Crippen molar-refractivity contribution in [1.29, 1.82) is 0 Å². The van der Waals surface area contributed by atoms with E-state index in [4.69, 9.17) is 0 Å². The number of aromatic nitrogens is 2. The average Bonchev–Trinajstić information content (AvgIpc) is 2.83. The summed E-state index contributed by atoms with van der Waals surface area (Å²) in [6, 6.07) is 13.0. The van der Waals surface area contributed by atoms with Crippen LogP contribution < -0.4 is 5.32 Å². The molecule has 0 aliphatic carbocycles. The first kappa shape index (κ1) is 11.7. The van der Waals surface area contributed by atoms with E-state index in [2.05, 4.69) is 15.5 Å². The van der Waals surface area contributed by atoms with E-state index in [1.807, 2.05) is 30.3 Å². The van der Waals surface area contributed by atoms with Crippen molar-refractivity contribution in [1.82, 2.24) is 10.2 Å². The highest BCUT2D eigenvalue weighted by atomic mass is 16.2. The van der Waals surface area contributed by atoms with Crippen LogP contribution in [0.1, 0.15) is 10.4 Å². The van der Waals surface area contributed by atoms with Crippen LogP contribution in [0.25, 0.3) is 22.0 Å². The zero-order chi connectivity index (χ0) is 14.4. The second-order valence-electron chi connectivity index (χ2n) is 4.79. The maximum atomic E-state index is 12.2. The van der Waals surface area contributed by atoms with Crippen molar-refractivity contribution in [3.63, 3.8) is 0 Å². The molecule has 4 rings (SSSR count). The van der Waals surface area contributed by atoms with E-state index in [9.17, 15) is 9.59 Å². The van der Waals surface area contributed by atoms with Crippen molar-refractivity contribution in [2.24, 2.45) is 0 Å². The number of carbonyl (C=O) groups is 2. The fourth-order valence-electron chi connectivity index (χ4n) is 2.63. The van der Waals surface area contributed by atoms with Crippen LogP contribution in [-0.4, -0.2) is 21.9 Å². The van der Waals surface area contributed by atoms with Gasteiger partial charge in [0, 0.05) is 5.39 Å². The number of nitrogens with one attached hydrogen (secondary N) is 1. The Hall–Kier alpha value is -3.08. The van der Waals surface area contributed by atoms with Crippen molar-refractivity contribution in [2.75, 3.05) is 5.32 Å². The molecule has 0 unspecified atom stereocenters. The summed E-state index contributed by atoms with van der Waals surface area (Å²) in [7, 11) is 0. The molecule has 1 aliphatic heterocycles. The van der Waals surface area contributed by atoms with Crippen LogP contribution in [0.5, 0.6) is 0 Å². The maximum absolute atomic E-state index is 12.2. The lowest BCUT2D eigenvalue weighted by atomic mass is 9.95. The molecule has 0 saturated carbocycles. The minimum absolute atomic E-state index is 0.409. The fraction of sp³-hybridized carbons (Fsp3) is 0. The number of rotatable bonds is 1. The highest BCUT2D eigenvalue weighted by Crippen LogP contribution is 2.38. The molecule has 100 valence electrons. The second-order valence-corrected chi connectivity index (χ2v) is 4.79. The number of hydrogen-bond acceptors (Lipinski definition) is 4. The molecule has 0 spiro atoms. The molecule has 0 atom stereocenters. The van der Waals surface area contributed by atoms with Crippen molar-refractivity contribution >= 4 is 28.3 Å². The Morgan fingerprint density at radius 1 is 1.00 bits per heavy atom. The smallest absolute Gasteiger partial charge is 0.296 e. The van der Waals surface area contributed by atoms with Crippen molar-refractivity contribution in [2.45, 2.75) is 0 Å². The van der Waals surface area contributed by atoms with Crippen LogP contribution in [0.2, 0.25) is 0 Å². The molecule has 0 radical (unpaired) electrons. The second kappa shape index (κ2) is 4.21. The molecule has 0 saturated heterocycles. The monoisotopic (exact) mass is 275 g/mol. The largest absolute Gasteiger partial charge is 0.318 e. The summed E-state index contributed by atoms with van der Waals surface area (Å²) < 4.78 is 0. The number of fused-ring (bicyclic) bond motifs is 3. The van der Waals surface area contributed by atoms with Gasteiger partial charge < -0.3 is 5.32 Å². The normalized spacial score (nSPS) is 13.3. The molecule has 0 fully saturated rings. The summed E-state index contributed by atoms with van der Waals surface area (Å²) in [6.45, 7) is 0. The van der Waals surface area contributed by atoms with Crippen LogP contribution in [0.3, 0.4) is 0 Å². The Morgan fingerprint density at radius 2 is 1.81 bits per heavy atom. The van der Waals surface area contributed by atoms with E-state index in [1.54, 1.807) is 18.3 Å². The minimum Gasteiger partial charge on any atom is -0.318 e. The zero-order valence-corrected chi connectivity index (χ0v) is 10.8. The van der Waals surface area contributed by atoms with Gasteiger partial charge in [-0.1, -0.05) is 30.3 Å². The van der Waals surface area contributed by atoms with Gasteiger partial charge in [0.1, 0.15) is 0 Å². The fourth-order valence-corrected chi connectivity index (χ4v) is 2.63. The molecule has 21 heavy (non-hydrogen) atoms. The first-order valence-corrected chi connectivity index (χ1v) is 6.45. The van der Waals surface area contributed by atoms with Crippen molar-refractivity contribution in [3.8, 4) is 11.1 Å². The topological polar surface area (TPSA) is 72.0 Å². The van der Waals surface area contributed by atoms with Crippen molar-refractivity contribution in [3.05, 3.63) is 54.2 Å². The Bertz CT molecular complexity index is 904. The predicted octanol–water partition coefficient (Wildman–Crippen LogP) is 2.43. The van der Waals surface area contributed by atoms with Gasteiger partial charge in [0.2, 0.25) is 0 Å². The van der Waals surface area contributed by atoms with Gasteiger partial charge in [0.05, 0.1) is 23.0 Å². The Morgan fingerprint density at radius 3 is 2.62 bits per heavy atom. The summed E-state index contributed by atoms with van der Waals surface area (Å²) in [5.74, 6) is -1.12. The lowest BCUT2D eigenvalue weighted by molar-refractivity contribution is -0.112. The highest BCUT2D eigenvalue weighted by Gasteiger charge is 2.33. The van der Waals surface area contributed by atoms with Gasteiger partial charge in [-0.2, -0.15) is 10.2 Å². The first-order chi connectivity index (χ1) is 10.3. The SMILES string of the molecule is O=C1Nc2c(c(-c3ccccc3)cc3nnccc23)C1=O. The summed E-state index contributed by atoms with van der Waals surface area (Å²) in [5.41, 5.74) is 3.14. The molecule has 1 N–H and O–H groups in total. The van der Waals surface area contributed by atoms with E-state index >= 15 is 0 Å². The van der Waals surface area contributed by atoms with Gasteiger partial charge in [-0.25, -0.2) is 0 Å². The van der Waals surface area contributed by atoms with Gasteiger partial charge in [-0.15, -0.1) is 0 Å². The number of carbonyl (C=O) groups excluding carboxylic acids is 2. The number of ketones is 1. The van der Waals surface area contributed by atoms with Gasteiger partial charge >= 0.3 is 0 Å². The molecule has 0 bridgehead atoms. The molecular formula is C16H9N3O2. The van der Waals surface area contributed by atoms with Gasteiger partial charge in [0.25, 0.3) is 11.7 Å². The molecule has 1 aliphatic rings. The number of anilines is 1. The highest BCUT2D eigenvalue weighted by molar-refractivity contribution is 6.54. The molecule has 1 amide bonds. The Kier molecular flexibility index (Phi) is 2.35. The number of nitrogens with zero attached hydrogens (tertiary/aromatic N) is 2. The van der Waals surface area contributed by atoms with E-state index in [1.165, 1.54) is 0 Å². The van der Waals surface area contributed by atoms with Crippen LogP contribution in [0.15, 0.2) is 48.7 Å². The molecule has 5 nitrogen and oxygen atoms in total. The summed E-state index contributed by atoms with van der Waals surface area (Å²) in [4.78, 5) is 23.9. The first-order valence-electron chi connectivity index (χ1n) is 6.45. The third-order valence-electron chi connectivity index (χ3n) is 3.58. The van der Waals surface area contributed by atoms with Gasteiger partial charge in [-0.05, 0) is 23.3 Å².